The smallest absolute Gasteiger partial charge is 0.548 e. The van der Waals surface area contributed by atoms with Gasteiger partial charge in [-0.1, -0.05) is 11.3 Å². The molecule has 1 aromatic carbocycles. The number of carboxylic acids is 1. The molecular weight excluding hydrogens is 321 g/mol. The molecule has 0 unspecified atom stereocenters. The first-order valence-electron chi connectivity index (χ1n) is 5.86. The standard InChI is InChI=1S/C12H13N3O4S.K/c1-2-19-7-3-4-8-9(5-7)20-12(14-8)15-11(18)13-6-10(16)17;/h3-5H,2,6H2,1H3,(H,16,17)(H2,13,14,15,18);/q;+1/p-1. The van der Waals surface area contributed by atoms with E-state index in [-0.39, 0.29) is 51.4 Å². The van der Waals surface area contributed by atoms with Crippen LogP contribution in [0.15, 0.2) is 18.2 Å². The van der Waals surface area contributed by atoms with E-state index in [2.05, 4.69) is 15.6 Å². The fourth-order valence-corrected chi connectivity index (χ4v) is 2.40. The summed E-state index contributed by atoms with van der Waals surface area (Å²) < 4.78 is 6.24. The summed E-state index contributed by atoms with van der Waals surface area (Å²) in [4.78, 5) is 25.8. The minimum atomic E-state index is -1.36. The molecule has 0 saturated heterocycles. The van der Waals surface area contributed by atoms with Gasteiger partial charge in [-0.15, -0.1) is 0 Å². The second kappa shape index (κ2) is 8.66. The third-order valence-corrected chi connectivity index (χ3v) is 3.22. The number of nitrogens with zero attached hydrogens (tertiary/aromatic N) is 1. The Balaban J connectivity index is 0.00000220. The summed E-state index contributed by atoms with van der Waals surface area (Å²) in [5, 5.41) is 15.2. The van der Waals surface area contributed by atoms with Crippen molar-refractivity contribution >= 4 is 38.7 Å². The van der Waals surface area contributed by atoms with Crippen LogP contribution in [0.25, 0.3) is 10.2 Å². The molecule has 21 heavy (non-hydrogen) atoms. The molecule has 0 saturated carbocycles. The van der Waals surface area contributed by atoms with Gasteiger partial charge >= 0.3 is 57.4 Å². The number of carbonyl (C=O) groups is 2. The van der Waals surface area contributed by atoms with Gasteiger partial charge in [-0.05, 0) is 25.1 Å². The zero-order valence-corrected chi connectivity index (χ0v) is 15.6. The van der Waals surface area contributed by atoms with Crippen molar-refractivity contribution in [3.05, 3.63) is 18.2 Å². The summed E-state index contributed by atoms with van der Waals surface area (Å²) in [5.41, 5.74) is 0.730. The number of hydrogen-bond acceptors (Lipinski definition) is 6. The molecule has 2 N–H and O–H groups in total. The zero-order valence-electron chi connectivity index (χ0n) is 11.6. The Kier molecular flexibility index (Phi) is 7.56. The summed E-state index contributed by atoms with van der Waals surface area (Å²) in [6.07, 6.45) is 0. The molecule has 7 nitrogen and oxygen atoms in total. The van der Waals surface area contributed by atoms with Crippen LogP contribution < -0.4 is 71.9 Å². The van der Waals surface area contributed by atoms with Crippen molar-refractivity contribution in [1.82, 2.24) is 10.3 Å². The molecule has 106 valence electrons. The van der Waals surface area contributed by atoms with E-state index < -0.39 is 18.5 Å². The number of amides is 2. The van der Waals surface area contributed by atoms with Crippen LogP contribution in [0.2, 0.25) is 0 Å². The van der Waals surface area contributed by atoms with E-state index in [0.717, 1.165) is 16.0 Å². The van der Waals surface area contributed by atoms with Crippen LogP contribution in [0.3, 0.4) is 0 Å². The van der Waals surface area contributed by atoms with E-state index >= 15 is 0 Å². The molecule has 1 heterocycles. The maximum atomic E-state index is 11.4. The number of anilines is 1. The van der Waals surface area contributed by atoms with E-state index in [9.17, 15) is 14.7 Å². The average Bonchev–Trinajstić information content (AvgIpc) is 2.78. The fraction of sp³-hybridized carbons (Fsp3) is 0.250. The van der Waals surface area contributed by atoms with Gasteiger partial charge in [0.15, 0.2) is 5.13 Å². The number of rotatable bonds is 5. The molecular formula is C12H12KN3O4S. The molecule has 0 atom stereocenters. The molecule has 0 radical (unpaired) electrons. The zero-order chi connectivity index (χ0) is 14.5. The predicted molar refractivity (Wildman–Crippen MR) is 72.8 cm³/mol. The molecule has 2 aromatic rings. The van der Waals surface area contributed by atoms with Crippen LogP contribution in [-0.4, -0.2) is 30.1 Å². The molecule has 0 aliphatic heterocycles. The van der Waals surface area contributed by atoms with Crippen molar-refractivity contribution in [3.63, 3.8) is 0 Å². The van der Waals surface area contributed by atoms with Gasteiger partial charge < -0.3 is 20.0 Å². The van der Waals surface area contributed by atoms with Gasteiger partial charge in [0.05, 0.1) is 29.3 Å². The van der Waals surface area contributed by atoms with E-state index in [4.69, 9.17) is 4.74 Å². The van der Waals surface area contributed by atoms with Crippen molar-refractivity contribution in [2.24, 2.45) is 0 Å². The van der Waals surface area contributed by atoms with Gasteiger partial charge in [-0.2, -0.15) is 0 Å². The number of urea groups is 1. The first-order chi connectivity index (χ1) is 9.58. The normalized spacial score (nSPS) is 9.76. The van der Waals surface area contributed by atoms with Gasteiger partial charge in [0, 0.05) is 0 Å². The van der Waals surface area contributed by atoms with Crippen LogP contribution >= 0.6 is 11.3 Å². The summed E-state index contributed by atoms with van der Waals surface area (Å²) in [7, 11) is 0. The van der Waals surface area contributed by atoms with E-state index in [1.54, 1.807) is 12.1 Å². The van der Waals surface area contributed by atoms with E-state index in [1.165, 1.54) is 11.3 Å². The van der Waals surface area contributed by atoms with Crippen LogP contribution in [0.5, 0.6) is 5.75 Å². The average molecular weight is 333 g/mol. The third-order valence-electron chi connectivity index (χ3n) is 2.28. The number of aliphatic carboxylic acids is 1. The predicted octanol–water partition coefficient (Wildman–Crippen LogP) is -2.43. The van der Waals surface area contributed by atoms with Gasteiger partial charge in [0.2, 0.25) is 0 Å². The Morgan fingerprint density at radius 2 is 2.19 bits per heavy atom. The van der Waals surface area contributed by atoms with Gasteiger partial charge in [-0.25, -0.2) is 9.78 Å². The Morgan fingerprint density at radius 1 is 1.43 bits per heavy atom. The number of nitrogens with one attached hydrogen (secondary N) is 2. The van der Waals surface area contributed by atoms with Crippen molar-refractivity contribution < 1.29 is 70.8 Å². The monoisotopic (exact) mass is 333 g/mol. The maximum Gasteiger partial charge on any atom is 1.00 e. The van der Waals surface area contributed by atoms with Crippen LogP contribution in [0, 0.1) is 0 Å². The maximum absolute atomic E-state index is 11.4. The number of benzene rings is 1. The van der Waals surface area contributed by atoms with Crippen molar-refractivity contribution in [2.75, 3.05) is 18.5 Å². The number of fused-ring (bicyclic) bond motifs is 1. The number of ether oxygens (including phenoxy) is 1. The van der Waals surface area contributed by atoms with E-state index in [1.807, 2.05) is 13.0 Å². The Bertz CT molecular complexity index is 646. The number of aromatic nitrogens is 1. The molecule has 0 aliphatic rings. The second-order valence-electron chi connectivity index (χ2n) is 3.76. The number of carboxylic acid groups (broad SMARTS) is 1. The Morgan fingerprint density at radius 3 is 2.86 bits per heavy atom. The Labute approximate surface area is 167 Å². The number of thiazole rings is 1. The van der Waals surface area contributed by atoms with Crippen molar-refractivity contribution in [1.29, 1.82) is 0 Å². The molecule has 2 amide bonds. The minimum Gasteiger partial charge on any atom is -0.548 e. The van der Waals surface area contributed by atoms with Gasteiger partial charge in [0.25, 0.3) is 0 Å². The van der Waals surface area contributed by atoms with E-state index in [0.29, 0.717) is 11.7 Å². The minimum absolute atomic E-state index is 0. The number of hydrogen-bond donors (Lipinski definition) is 2. The molecule has 0 aliphatic carbocycles. The molecule has 0 bridgehead atoms. The van der Waals surface area contributed by atoms with Crippen LogP contribution in [0.4, 0.5) is 9.93 Å². The summed E-state index contributed by atoms with van der Waals surface area (Å²) in [6, 6.07) is 4.78. The molecule has 0 spiro atoms. The first kappa shape index (κ1) is 18.3. The third kappa shape index (κ3) is 5.53. The second-order valence-corrected chi connectivity index (χ2v) is 4.79. The summed E-state index contributed by atoms with van der Waals surface area (Å²) >= 11 is 1.27. The van der Waals surface area contributed by atoms with Crippen molar-refractivity contribution in [3.8, 4) is 5.75 Å². The Hall–Kier alpha value is -0.714. The quantitative estimate of drug-likeness (QED) is 0.592. The van der Waals surface area contributed by atoms with Crippen molar-refractivity contribution in [2.45, 2.75) is 6.92 Å². The molecule has 2 rings (SSSR count). The summed E-state index contributed by atoms with van der Waals surface area (Å²) in [5.74, 6) is -0.623. The fourth-order valence-electron chi connectivity index (χ4n) is 1.51. The summed E-state index contributed by atoms with van der Waals surface area (Å²) in [6.45, 7) is 1.91. The molecule has 9 heteroatoms. The SMILES string of the molecule is CCOc1ccc2nc(NC(=O)NCC(=O)[O-])sc2c1.[K+]. The molecule has 0 fully saturated rings. The number of carbonyl (C=O) groups excluding carboxylic acids is 2. The van der Waals surface area contributed by atoms with Gasteiger partial charge in [0.1, 0.15) is 5.75 Å². The largest absolute Gasteiger partial charge is 1.00 e. The van der Waals surface area contributed by atoms with Crippen LogP contribution in [0.1, 0.15) is 6.92 Å². The van der Waals surface area contributed by atoms with Gasteiger partial charge in [-0.3, -0.25) is 5.32 Å². The van der Waals surface area contributed by atoms with Crippen LogP contribution in [-0.2, 0) is 4.79 Å². The first-order valence-corrected chi connectivity index (χ1v) is 6.68. The topological polar surface area (TPSA) is 103 Å². The molecule has 1 aromatic heterocycles.